The number of carbonyl (C=O) groups is 1. The number of aromatic nitrogens is 3. The van der Waals surface area contributed by atoms with Gasteiger partial charge < -0.3 is 9.88 Å². The fourth-order valence-corrected chi connectivity index (χ4v) is 3.49. The van der Waals surface area contributed by atoms with Gasteiger partial charge >= 0.3 is 0 Å². The summed E-state index contributed by atoms with van der Waals surface area (Å²) in [6.07, 6.45) is 0. The van der Waals surface area contributed by atoms with E-state index in [0.29, 0.717) is 0 Å². The lowest BCUT2D eigenvalue weighted by Crippen LogP contribution is -2.05. The monoisotopic (exact) mass is 416 g/mol. The Labute approximate surface area is 159 Å². The van der Waals surface area contributed by atoms with Gasteiger partial charge in [-0.25, -0.2) is 0 Å². The van der Waals surface area contributed by atoms with Crippen LogP contribution in [0, 0.1) is 0 Å². The number of thioether (sulfide) groups is 1. The summed E-state index contributed by atoms with van der Waals surface area (Å²) in [5, 5.41) is 12.2. The lowest BCUT2D eigenvalue weighted by Gasteiger charge is -2.06. The van der Waals surface area contributed by atoms with Crippen molar-refractivity contribution in [2.24, 2.45) is 7.05 Å². The molecule has 0 aliphatic carbocycles. The number of hydrogen-bond donors (Lipinski definition) is 1. The minimum Gasteiger partial charge on any atom is -0.326 e. The van der Waals surface area contributed by atoms with Crippen LogP contribution in [0.3, 0.4) is 0 Å². The number of carbonyl (C=O) groups excluding carboxylic acids is 1. The van der Waals surface area contributed by atoms with Crippen LogP contribution < -0.4 is 5.32 Å². The second-order valence-corrected chi connectivity index (χ2v) is 7.40. The topological polar surface area (TPSA) is 59.8 Å². The summed E-state index contributed by atoms with van der Waals surface area (Å²) in [6.45, 7) is 1.49. The van der Waals surface area contributed by atoms with Crippen molar-refractivity contribution in [1.29, 1.82) is 0 Å². The van der Waals surface area contributed by atoms with Gasteiger partial charge in [0.25, 0.3) is 0 Å². The molecule has 1 heterocycles. The molecule has 3 rings (SSSR count). The van der Waals surface area contributed by atoms with Crippen molar-refractivity contribution in [3.63, 3.8) is 0 Å². The van der Waals surface area contributed by atoms with Gasteiger partial charge in [0.15, 0.2) is 11.0 Å². The zero-order valence-corrected chi connectivity index (χ0v) is 16.3. The van der Waals surface area contributed by atoms with Crippen molar-refractivity contribution in [2.75, 3.05) is 5.32 Å². The third-order valence-corrected chi connectivity index (χ3v) is 5.18. The SMILES string of the molecule is CC(=O)Nc1cccc(-c2nnc(SCc3ccc(Br)cc3)n2C)c1. The summed E-state index contributed by atoms with van der Waals surface area (Å²) in [5.74, 6) is 1.50. The largest absolute Gasteiger partial charge is 0.326 e. The van der Waals surface area contributed by atoms with Crippen LogP contribution in [0.2, 0.25) is 0 Å². The Balaban J connectivity index is 1.76. The first kappa shape index (κ1) is 17.7. The van der Waals surface area contributed by atoms with Crippen molar-refractivity contribution in [3.8, 4) is 11.4 Å². The number of nitrogens with zero attached hydrogens (tertiary/aromatic N) is 3. The number of rotatable bonds is 5. The van der Waals surface area contributed by atoms with Crippen LogP contribution in [0.1, 0.15) is 12.5 Å². The summed E-state index contributed by atoms with van der Waals surface area (Å²) in [5.41, 5.74) is 2.89. The van der Waals surface area contributed by atoms with Crippen molar-refractivity contribution in [3.05, 3.63) is 58.6 Å². The molecule has 0 radical (unpaired) electrons. The number of anilines is 1. The van der Waals surface area contributed by atoms with Gasteiger partial charge in [0.05, 0.1) is 0 Å². The van der Waals surface area contributed by atoms with Crippen LogP contribution in [0.4, 0.5) is 5.69 Å². The summed E-state index contributed by atoms with van der Waals surface area (Å²) in [7, 11) is 1.95. The molecule has 7 heteroatoms. The second-order valence-electron chi connectivity index (χ2n) is 5.54. The maximum atomic E-state index is 11.2. The molecular formula is C18H17BrN4OS. The molecule has 2 aromatic carbocycles. The smallest absolute Gasteiger partial charge is 0.221 e. The highest BCUT2D eigenvalue weighted by Crippen LogP contribution is 2.27. The van der Waals surface area contributed by atoms with E-state index in [1.807, 2.05) is 48.0 Å². The number of benzene rings is 2. The summed E-state index contributed by atoms with van der Waals surface area (Å²) in [6, 6.07) is 15.8. The average molecular weight is 417 g/mol. The number of nitrogens with one attached hydrogen (secondary N) is 1. The molecule has 0 aliphatic heterocycles. The van der Waals surface area contributed by atoms with E-state index in [2.05, 4.69) is 43.6 Å². The van der Waals surface area contributed by atoms with E-state index in [1.54, 1.807) is 11.8 Å². The summed E-state index contributed by atoms with van der Waals surface area (Å²) >= 11 is 5.08. The quantitative estimate of drug-likeness (QED) is 0.622. The molecule has 1 amide bonds. The van der Waals surface area contributed by atoms with Crippen LogP contribution in [0.15, 0.2) is 58.2 Å². The third-order valence-electron chi connectivity index (χ3n) is 3.56. The zero-order valence-electron chi connectivity index (χ0n) is 13.9. The zero-order chi connectivity index (χ0) is 17.8. The number of amides is 1. The fourth-order valence-electron chi connectivity index (χ4n) is 2.36. The Kier molecular flexibility index (Phi) is 5.55. The highest BCUT2D eigenvalue weighted by atomic mass is 79.9. The Bertz CT molecular complexity index is 892. The number of halogens is 1. The van der Waals surface area contributed by atoms with Crippen molar-refractivity contribution >= 4 is 39.3 Å². The lowest BCUT2D eigenvalue weighted by molar-refractivity contribution is -0.114. The highest BCUT2D eigenvalue weighted by Gasteiger charge is 2.12. The van der Waals surface area contributed by atoms with E-state index < -0.39 is 0 Å². The van der Waals surface area contributed by atoms with Gasteiger partial charge in [-0.2, -0.15) is 0 Å². The van der Waals surface area contributed by atoms with E-state index >= 15 is 0 Å². The maximum absolute atomic E-state index is 11.2. The molecule has 0 aliphatic rings. The van der Waals surface area contributed by atoms with Gasteiger partial charge in [-0.3, -0.25) is 4.79 Å². The first-order valence-electron chi connectivity index (χ1n) is 7.67. The third kappa shape index (κ3) is 4.49. The molecule has 0 unspecified atom stereocenters. The highest BCUT2D eigenvalue weighted by molar-refractivity contribution is 9.10. The molecule has 128 valence electrons. The second kappa shape index (κ2) is 7.84. The molecule has 1 N–H and O–H groups in total. The van der Waals surface area contributed by atoms with Crippen molar-refractivity contribution in [1.82, 2.24) is 14.8 Å². The normalized spacial score (nSPS) is 10.7. The molecule has 25 heavy (non-hydrogen) atoms. The van der Waals surface area contributed by atoms with E-state index in [-0.39, 0.29) is 5.91 Å². The molecular weight excluding hydrogens is 400 g/mol. The Morgan fingerprint density at radius 1 is 1.20 bits per heavy atom. The predicted molar refractivity (Wildman–Crippen MR) is 104 cm³/mol. The van der Waals surface area contributed by atoms with Gasteiger partial charge in [-0.1, -0.05) is 52.0 Å². The van der Waals surface area contributed by atoms with E-state index in [0.717, 1.165) is 32.5 Å². The Hall–Kier alpha value is -2.12. The molecule has 0 fully saturated rings. The van der Waals surface area contributed by atoms with Gasteiger partial charge in [0.1, 0.15) is 0 Å². The molecule has 5 nitrogen and oxygen atoms in total. The summed E-state index contributed by atoms with van der Waals surface area (Å²) in [4.78, 5) is 11.2. The van der Waals surface area contributed by atoms with Crippen LogP contribution in [-0.4, -0.2) is 20.7 Å². The van der Waals surface area contributed by atoms with Crippen LogP contribution >= 0.6 is 27.7 Å². The van der Waals surface area contributed by atoms with E-state index in [1.165, 1.54) is 12.5 Å². The van der Waals surface area contributed by atoms with E-state index in [9.17, 15) is 4.79 Å². The first-order valence-corrected chi connectivity index (χ1v) is 9.45. The molecule has 0 saturated carbocycles. The van der Waals surface area contributed by atoms with Crippen LogP contribution in [0.5, 0.6) is 0 Å². The Morgan fingerprint density at radius 2 is 1.96 bits per heavy atom. The Morgan fingerprint density at radius 3 is 2.68 bits per heavy atom. The standard InChI is InChI=1S/C18H17BrN4OS/c1-12(24)20-16-5-3-4-14(10-16)17-21-22-18(23(17)2)25-11-13-6-8-15(19)9-7-13/h3-10H,11H2,1-2H3,(H,20,24). The predicted octanol–water partition coefficient (Wildman–Crippen LogP) is 4.50. The molecule has 0 bridgehead atoms. The fraction of sp³-hybridized carbons (Fsp3) is 0.167. The van der Waals surface area contributed by atoms with Crippen molar-refractivity contribution < 1.29 is 4.79 Å². The van der Waals surface area contributed by atoms with E-state index in [4.69, 9.17) is 0 Å². The summed E-state index contributed by atoms with van der Waals surface area (Å²) < 4.78 is 3.04. The van der Waals surface area contributed by atoms with Gasteiger partial charge in [0.2, 0.25) is 5.91 Å². The van der Waals surface area contributed by atoms with Crippen LogP contribution in [0.25, 0.3) is 11.4 Å². The van der Waals surface area contributed by atoms with Gasteiger partial charge in [-0.05, 0) is 29.8 Å². The molecule has 0 spiro atoms. The first-order chi connectivity index (χ1) is 12.0. The maximum Gasteiger partial charge on any atom is 0.221 e. The van der Waals surface area contributed by atoms with Gasteiger partial charge in [-0.15, -0.1) is 10.2 Å². The molecule has 0 atom stereocenters. The van der Waals surface area contributed by atoms with Gasteiger partial charge in [0, 0.05) is 35.4 Å². The number of hydrogen-bond acceptors (Lipinski definition) is 4. The minimum atomic E-state index is -0.0964. The van der Waals surface area contributed by atoms with Crippen molar-refractivity contribution in [2.45, 2.75) is 17.8 Å². The molecule has 3 aromatic rings. The lowest BCUT2D eigenvalue weighted by atomic mass is 10.2. The van der Waals surface area contributed by atoms with Crippen LogP contribution in [-0.2, 0) is 17.6 Å². The molecule has 1 aromatic heterocycles. The minimum absolute atomic E-state index is 0.0964. The average Bonchev–Trinajstić information content (AvgIpc) is 2.95. The molecule has 0 saturated heterocycles.